The lowest BCUT2D eigenvalue weighted by molar-refractivity contribution is 0.407. The summed E-state index contributed by atoms with van der Waals surface area (Å²) in [5, 5.41) is 5.62. The summed E-state index contributed by atoms with van der Waals surface area (Å²) < 4.78 is 56.2. The Morgan fingerprint density at radius 2 is 1.76 bits per heavy atom. The van der Waals surface area contributed by atoms with Gasteiger partial charge in [0.05, 0.1) is 6.54 Å². The highest BCUT2D eigenvalue weighted by atomic mass is 19.2. The molecule has 0 spiro atoms. The summed E-state index contributed by atoms with van der Waals surface area (Å²) >= 11 is 0. The Morgan fingerprint density at radius 3 is 2.29 bits per heavy atom. The van der Waals surface area contributed by atoms with Gasteiger partial charge in [0.25, 0.3) is 11.9 Å². The molecule has 2 aromatic heterocycles. The van der Waals surface area contributed by atoms with Crippen LogP contribution >= 0.6 is 0 Å². The Hall–Kier alpha value is -2.12. The molecule has 0 bridgehead atoms. The van der Waals surface area contributed by atoms with Gasteiger partial charge in [-0.3, -0.25) is 0 Å². The largest absolute Gasteiger partial charge is 0.374 e. The summed E-state index contributed by atoms with van der Waals surface area (Å²) in [4.78, 5) is 2.42. The molecule has 0 radical (unpaired) electrons. The Morgan fingerprint density at radius 1 is 1.12 bits per heavy atom. The first-order valence-electron chi connectivity index (χ1n) is 4.42. The molecule has 0 atom stereocenters. The van der Waals surface area contributed by atoms with Gasteiger partial charge in [-0.2, -0.15) is 22.5 Å². The van der Waals surface area contributed by atoms with Crippen molar-refractivity contribution in [2.75, 3.05) is 5.32 Å². The van der Waals surface area contributed by atoms with Crippen molar-refractivity contribution in [3.63, 3.8) is 0 Å². The molecule has 2 rings (SSSR count). The average molecular weight is 247 g/mol. The molecule has 2 heterocycles. The van der Waals surface area contributed by atoms with Crippen molar-refractivity contribution in [3.05, 3.63) is 41.6 Å². The van der Waals surface area contributed by atoms with Gasteiger partial charge in [0.15, 0.2) is 0 Å². The highest BCUT2D eigenvalue weighted by Crippen LogP contribution is 2.22. The monoisotopic (exact) mass is 247 g/mol. The first-order chi connectivity index (χ1) is 8.09. The number of nitrogens with one attached hydrogen (secondary N) is 1. The fourth-order valence-corrected chi connectivity index (χ4v) is 1.15. The van der Waals surface area contributed by atoms with Gasteiger partial charge >= 0.3 is 0 Å². The summed E-state index contributed by atoms with van der Waals surface area (Å²) in [7, 11) is 0. The van der Waals surface area contributed by atoms with Crippen molar-refractivity contribution in [3.8, 4) is 0 Å². The van der Waals surface area contributed by atoms with E-state index in [9.17, 15) is 17.6 Å². The van der Waals surface area contributed by atoms with Crippen molar-refractivity contribution in [2.24, 2.45) is 0 Å². The van der Waals surface area contributed by atoms with Crippen molar-refractivity contribution in [1.82, 2.24) is 10.1 Å². The van der Waals surface area contributed by atoms with Crippen LogP contribution in [0.25, 0.3) is 0 Å². The van der Waals surface area contributed by atoms with E-state index in [0.29, 0.717) is 5.69 Å². The lowest BCUT2D eigenvalue weighted by Gasteiger charge is -2.07. The molecular weight excluding hydrogens is 242 g/mol. The van der Waals surface area contributed by atoms with Crippen LogP contribution in [0.3, 0.4) is 0 Å². The minimum atomic E-state index is -1.72. The van der Waals surface area contributed by atoms with Crippen LogP contribution in [-0.2, 0) is 6.54 Å². The minimum absolute atomic E-state index is 0.146. The van der Waals surface area contributed by atoms with Gasteiger partial charge in [-0.15, -0.1) is 0 Å². The van der Waals surface area contributed by atoms with Gasteiger partial charge in [-0.05, 0) is 0 Å². The lowest BCUT2D eigenvalue weighted by Crippen LogP contribution is -2.09. The van der Waals surface area contributed by atoms with Crippen LogP contribution in [0, 0.1) is 23.5 Å². The second-order valence-electron chi connectivity index (χ2n) is 3.04. The van der Waals surface area contributed by atoms with Gasteiger partial charge in [-0.25, -0.2) is 0 Å². The minimum Gasteiger partial charge on any atom is -0.374 e. The molecule has 0 fully saturated rings. The van der Waals surface area contributed by atoms with Gasteiger partial charge in [0.1, 0.15) is 17.6 Å². The van der Waals surface area contributed by atoms with Crippen LogP contribution in [-0.4, -0.2) is 10.1 Å². The van der Waals surface area contributed by atoms with E-state index in [1.54, 1.807) is 0 Å². The normalized spacial score (nSPS) is 10.6. The van der Waals surface area contributed by atoms with E-state index in [0.717, 1.165) is 0 Å². The van der Waals surface area contributed by atoms with E-state index in [4.69, 9.17) is 0 Å². The van der Waals surface area contributed by atoms with Crippen LogP contribution in [0.4, 0.5) is 23.2 Å². The Balaban J connectivity index is 2.26. The average Bonchev–Trinajstić information content (AvgIpc) is 2.79. The standard InChI is InChI=1S/C9H5F4N3O/c10-5-7(6(11)9(13)15-8(5)12)14-3-4-1-2-17-16-4/h1-2H,3H2,(H,14,15). The molecule has 0 aliphatic heterocycles. The summed E-state index contributed by atoms with van der Waals surface area (Å²) in [5.74, 6) is -6.61. The molecule has 0 aliphatic carbocycles. The van der Waals surface area contributed by atoms with Crippen molar-refractivity contribution in [1.29, 1.82) is 0 Å². The second-order valence-corrected chi connectivity index (χ2v) is 3.04. The third kappa shape index (κ3) is 2.19. The van der Waals surface area contributed by atoms with Crippen molar-refractivity contribution in [2.45, 2.75) is 6.54 Å². The molecule has 2 aromatic rings. The number of halogens is 4. The third-order valence-corrected chi connectivity index (χ3v) is 1.94. The van der Waals surface area contributed by atoms with E-state index in [1.165, 1.54) is 12.3 Å². The zero-order valence-electron chi connectivity index (χ0n) is 8.18. The highest BCUT2D eigenvalue weighted by molar-refractivity contribution is 5.45. The number of hydrogen-bond acceptors (Lipinski definition) is 4. The Labute approximate surface area is 92.3 Å². The molecule has 0 aliphatic rings. The molecule has 90 valence electrons. The maximum atomic E-state index is 13.1. The van der Waals surface area contributed by atoms with Gasteiger partial charge < -0.3 is 9.84 Å². The van der Waals surface area contributed by atoms with Crippen LogP contribution in [0.2, 0.25) is 0 Å². The van der Waals surface area contributed by atoms with Gasteiger partial charge in [-0.1, -0.05) is 5.16 Å². The SMILES string of the molecule is Fc1nc(F)c(F)c(NCc2ccon2)c1F. The van der Waals surface area contributed by atoms with E-state index in [-0.39, 0.29) is 6.54 Å². The molecule has 0 aromatic carbocycles. The van der Waals surface area contributed by atoms with E-state index in [2.05, 4.69) is 20.0 Å². The van der Waals surface area contributed by atoms with E-state index < -0.39 is 29.2 Å². The Bertz CT molecular complexity index is 503. The smallest absolute Gasteiger partial charge is 0.253 e. The maximum Gasteiger partial charge on any atom is 0.253 e. The molecule has 0 saturated heterocycles. The van der Waals surface area contributed by atoms with Crippen LogP contribution in [0.1, 0.15) is 5.69 Å². The fraction of sp³-hybridized carbons (Fsp3) is 0.111. The van der Waals surface area contributed by atoms with Crippen LogP contribution in [0.5, 0.6) is 0 Å². The number of pyridine rings is 1. The quantitative estimate of drug-likeness (QED) is 0.667. The second kappa shape index (κ2) is 4.40. The van der Waals surface area contributed by atoms with Gasteiger partial charge in [0.2, 0.25) is 11.6 Å². The summed E-state index contributed by atoms with van der Waals surface area (Å²) in [6, 6.07) is 1.43. The number of anilines is 1. The van der Waals surface area contributed by atoms with Crippen molar-refractivity contribution >= 4 is 5.69 Å². The van der Waals surface area contributed by atoms with Gasteiger partial charge in [0, 0.05) is 6.07 Å². The topological polar surface area (TPSA) is 51.0 Å². The van der Waals surface area contributed by atoms with Crippen LogP contribution < -0.4 is 5.32 Å². The summed E-state index contributed by atoms with van der Waals surface area (Å²) in [5.41, 5.74) is -0.612. The zero-order valence-corrected chi connectivity index (χ0v) is 8.18. The molecular formula is C9H5F4N3O. The molecule has 4 nitrogen and oxygen atoms in total. The highest BCUT2D eigenvalue weighted by Gasteiger charge is 2.20. The molecule has 1 N–H and O–H groups in total. The number of aromatic nitrogens is 2. The number of nitrogens with zero attached hydrogens (tertiary/aromatic N) is 2. The first-order valence-corrected chi connectivity index (χ1v) is 4.42. The predicted molar refractivity (Wildman–Crippen MR) is 47.9 cm³/mol. The summed E-state index contributed by atoms with van der Waals surface area (Å²) in [6.07, 6.45) is 1.25. The van der Waals surface area contributed by atoms with Crippen molar-refractivity contribution < 1.29 is 22.1 Å². The molecule has 0 amide bonds. The summed E-state index contributed by atoms with van der Waals surface area (Å²) in [6.45, 7) is -0.146. The molecule has 0 saturated carbocycles. The lowest BCUT2D eigenvalue weighted by atomic mass is 10.3. The number of rotatable bonds is 3. The van der Waals surface area contributed by atoms with E-state index >= 15 is 0 Å². The third-order valence-electron chi connectivity index (χ3n) is 1.94. The fourth-order valence-electron chi connectivity index (χ4n) is 1.15. The molecule has 0 unspecified atom stereocenters. The first kappa shape index (κ1) is 11.4. The number of hydrogen-bond donors (Lipinski definition) is 1. The maximum absolute atomic E-state index is 13.1. The van der Waals surface area contributed by atoms with Crippen LogP contribution in [0.15, 0.2) is 16.9 Å². The molecule has 17 heavy (non-hydrogen) atoms. The predicted octanol–water partition coefficient (Wildman–Crippen LogP) is 2.24. The molecule has 8 heteroatoms. The Kier molecular flexibility index (Phi) is 2.94. The zero-order chi connectivity index (χ0) is 12.4. The van der Waals surface area contributed by atoms with E-state index in [1.807, 2.05) is 0 Å².